The van der Waals surface area contributed by atoms with E-state index in [0.717, 1.165) is 25.8 Å². The molecule has 2 aromatic rings. The molecule has 1 atom stereocenters. The third kappa shape index (κ3) is 2.74. The summed E-state index contributed by atoms with van der Waals surface area (Å²) in [5.41, 5.74) is 1.18. The van der Waals surface area contributed by atoms with Crippen LogP contribution in [0.5, 0.6) is 0 Å². The van der Waals surface area contributed by atoms with E-state index in [1.165, 1.54) is 10.7 Å². The minimum Gasteiger partial charge on any atom is -0.322 e. The molecule has 2 N–H and O–H groups in total. The fourth-order valence-corrected chi connectivity index (χ4v) is 3.10. The zero-order valence-electron chi connectivity index (χ0n) is 13.4. The van der Waals surface area contributed by atoms with E-state index in [1.54, 1.807) is 24.4 Å². The SMILES string of the molecule is CCC1(C(=O)Nc2cnn(-c3ccccc3F)c2C)CCCN1. The number of rotatable bonds is 4. The number of aromatic nitrogens is 2. The summed E-state index contributed by atoms with van der Waals surface area (Å²) in [5.74, 6) is -0.396. The first-order valence-electron chi connectivity index (χ1n) is 7.93. The zero-order chi connectivity index (χ0) is 16.4. The predicted octanol–water partition coefficient (Wildman–Crippen LogP) is 2.79. The Morgan fingerprint density at radius 2 is 2.26 bits per heavy atom. The normalized spacial score (nSPS) is 20.7. The van der Waals surface area contributed by atoms with Crippen LogP contribution < -0.4 is 10.6 Å². The molecular formula is C17H21FN4O. The number of halogens is 1. The summed E-state index contributed by atoms with van der Waals surface area (Å²) < 4.78 is 15.4. The van der Waals surface area contributed by atoms with Crippen molar-refractivity contribution >= 4 is 11.6 Å². The van der Waals surface area contributed by atoms with Gasteiger partial charge >= 0.3 is 0 Å². The average Bonchev–Trinajstić information content (AvgIpc) is 3.17. The molecule has 6 heteroatoms. The van der Waals surface area contributed by atoms with Crippen LogP contribution in [0.15, 0.2) is 30.5 Å². The summed E-state index contributed by atoms with van der Waals surface area (Å²) in [6, 6.07) is 6.44. The second kappa shape index (κ2) is 6.12. The molecule has 3 rings (SSSR count). The lowest BCUT2D eigenvalue weighted by Crippen LogP contribution is -2.50. The Kier molecular flexibility index (Phi) is 4.17. The number of para-hydroxylation sites is 1. The molecule has 1 saturated heterocycles. The molecular weight excluding hydrogens is 295 g/mol. The Morgan fingerprint density at radius 1 is 1.48 bits per heavy atom. The third-order valence-electron chi connectivity index (χ3n) is 4.62. The molecule has 5 nitrogen and oxygen atoms in total. The monoisotopic (exact) mass is 316 g/mol. The van der Waals surface area contributed by atoms with E-state index in [0.29, 0.717) is 17.1 Å². The van der Waals surface area contributed by atoms with Gasteiger partial charge in [0.1, 0.15) is 11.5 Å². The van der Waals surface area contributed by atoms with Gasteiger partial charge in [-0.15, -0.1) is 0 Å². The van der Waals surface area contributed by atoms with Gasteiger partial charge in [0.05, 0.1) is 23.1 Å². The first-order valence-corrected chi connectivity index (χ1v) is 7.93. The molecule has 2 heterocycles. The number of nitrogens with zero attached hydrogens (tertiary/aromatic N) is 2. The standard InChI is InChI=1S/C17H21FN4O/c1-3-17(9-6-10-19-17)16(23)21-14-11-20-22(12(14)2)15-8-5-4-7-13(15)18/h4-5,7-8,11,19H,3,6,9-10H2,1-2H3,(H,21,23). The van der Waals surface area contributed by atoms with Crippen molar-refractivity contribution < 1.29 is 9.18 Å². The number of hydrogen-bond acceptors (Lipinski definition) is 3. The Bertz CT molecular complexity index is 719. The largest absolute Gasteiger partial charge is 0.322 e. The van der Waals surface area contributed by atoms with Gasteiger partial charge in [0, 0.05) is 0 Å². The van der Waals surface area contributed by atoms with E-state index >= 15 is 0 Å². The molecule has 0 saturated carbocycles. The lowest BCUT2D eigenvalue weighted by molar-refractivity contribution is -0.122. The van der Waals surface area contributed by atoms with Gasteiger partial charge in [0.15, 0.2) is 0 Å². The highest BCUT2D eigenvalue weighted by Crippen LogP contribution is 2.26. The van der Waals surface area contributed by atoms with Crippen LogP contribution in [0.3, 0.4) is 0 Å². The highest BCUT2D eigenvalue weighted by Gasteiger charge is 2.39. The van der Waals surface area contributed by atoms with Crippen molar-refractivity contribution in [3.05, 3.63) is 42.0 Å². The first-order chi connectivity index (χ1) is 11.1. The number of carbonyl (C=O) groups is 1. The van der Waals surface area contributed by atoms with Crippen molar-refractivity contribution in [3.8, 4) is 5.69 Å². The Labute approximate surface area is 134 Å². The van der Waals surface area contributed by atoms with Crippen LogP contribution >= 0.6 is 0 Å². The van der Waals surface area contributed by atoms with Gasteiger partial charge in [-0.3, -0.25) is 4.79 Å². The van der Waals surface area contributed by atoms with Gasteiger partial charge in [0.25, 0.3) is 0 Å². The Morgan fingerprint density at radius 3 is 2.91 bits per heavy atom. The number of benzene rings is 1. The lowest BCUT2D eigenvalue weighted by atomic mass is 9.93. The number of anilines is 1. The quantitative estimate of drug-likeness (QED) is 0.912. The average molecular weight is 316 g/mol. The van der Waals surface area contributed by atoms with Crippen LogP contribution in [0, 0.1) is 12.7 Å². The molecule has 1 aliphatic rings. The number of carbonyl (C=O) groups excluding carboxylic acids is 1. The summed E-state index contributed by atoms with van der Waals surface area (Å²) >= 11 is 0. The molecule has 1 aliphatic heterocycles. The molecule has 0 radical (unpaired) electrons. The summed E-state index contributed by atoms with van der Waals surface area (Å²) in [5, 5.41) is 10.5. The van der Waals surface area contributed by atoms with E-state index in [2.05, 4.69) is 15.7 Å². The van der Waals surface area contributed by atoms with Crippen LogP contribution in [0.4, 0.5) is 10.1 Å². The fourth-order valence-electron chi connectivity index (χ4n) is 3.10. The van der Waals surface area contributed by atoms with Gasteiger partial charge in [-0.25, -0.2) is 9.07 Å². The van der Waals surface area contributed by atoms with E-state index in [-0.39, 0.29) is 11.7 Å². The van der Waals surface area contributed by atoms with Gasteiger partial charge in [-0.1, -0.05) is 19.1 Å². The van der Waals surface area contributed by atoms with Gasteiger partial charge in [-0.2, -0.15) is 5.10 Å². The highest BCUT2D eigenvalue weighted by molar-refractivity contribution is 5.98. The molecule has 122 valence electrons. The molecule has 1 unspecified atom stereocenters. The molecule has 1 amide bonds. The Balaban J connectivity index is 1.86. The summed E-state index contributed by atoms with van der Waals surface area (Å²) in [7, 11) is 0. The summed E-state index contributed by atoms with van der Waals surface area (Å²) in [6.45, 7) is 4.68. The second-order valence-electron chi connectivity index (χ2n) is 5.93. The molecule has 1 aromatic heterocycles. The second-order valence-corrected chi connectivity index (χ2v) is 5.93. The van der Waals surface area contributed by atoms with E-state index in [4.69, 9.17) is 0 Å². The zero-order valence-corrected chi connectivity index (χ0v) is 13.4. The van der Waals surface area contributed by atoms with Gasteiger partial charge in [-0.05, 0) is 44.9 Å². The predicted molar refractivity (Wildman–Crippen MR) is 87.1 cm³/mol. The number of nitrogens with one attached hydrogen (secondary N) is 2. The maximum atomic E-state index is 13.9. The van der Waals surface area contributed by atoms with Crippen LogP contribution in [-0.2, 0) is 4.79 Å². The van der Waals surface area contributed by atoms with Crippen LogP contribution in [-0.4, -0.2) is 27.8 Å². The maximum absolute atomic E-state index is 13.9. The van der Waals surface area contributed by atoms with E-state index in [1.807, 2.05) is 13.8 Å². The first kappa shape index (κ1) is 15.7. The van der Waals surface area contributed by atoms with E-state index in [9.17, 15) is 9.18 Å². The molecule has 0 bridgehead atoms. The minimum absolute atomic E-state index is 0.0475. The molecule has 23 heavy (non-hydrogen) atoms. The Hall–Kier alpha value is -2.21. The number of amides is 1. The van der Waals surface area contributed by atoms with Crippen LogP contribution in [0.1, 0.15) is 31.9 Å². The maximum Gasteiger partial charge on any atom is 0.244 e. The summed E-state index contributed by atoms with van der Waals surface area (Å²) in [6.07, 6.45) is 4.13. The molecule has 1 aromatic carbocycles. The summed E-state index contributed by atoms with van der Waals surface area (Å²) in [4.78, 5) is 12.6. The molecule has 1 fully saturated rings. The lowest BCUT2D eigenvalue weighted by Gasteiger charge is -2.26. The topological polar surface area (TPSA) is 59.0 Å². The van der Waals surface area contributed by atoms with Crippen molar-refractivity contribution in [2.75, 3.05) is 11.9 Å². The number of hydrogen-bond donors (Lipinski definition) is 2. The van der Waals surface area contributed by atoms with Crippen molar-refractivity contribution in [1.82, 2.24) is 15.1 Å². The molecule has 0 aliphatic carbocycles. The third-order valence-corrected chi connectivity index (χ3v) is 4.62. The van der Waals surface area contributed by atoms with Gasteiger partial charge in [0.2, 0.25) is 5.91 Å². The molecule has 0 spiro atoms. The van der Waals surface area contributed by atoms with Crippen molar-refractivity contribution in [2.45, 2.75) is 38.6 Å². The van der Waals surface area contributed by atoms with Gasteiger partial charge < -0.3 is 10.6 Å². The van der Waals surface area contributed by atoms with Crippen molar-refractivity contribution in [2.24, 2.45) is 0 Å². The van der Waals surface area contributed by atoms with Crippen molar-refractivity contribution in [1.29, 1.82) is 0 Å². The van der Waals surface area contributed by atoms with Crippen LogP contribution in [0.2, 0.25) is 0 Å². The fraction of sp³-hybridized carbons (Fsp3) is 0.412. The van der Waals surface area contributed by atoms with Crippen LogP contribution in [0.25, 0.3) is 5.69 Å². The minimum atomic E-state index is -0.507. The smallest absolute Gasteiger partial charge is 0.244 e. The van der Waals surface area contributed by atoms with Crippen molar-refractivity contribution in [3.63, 3.8) is 0 Å². The van der Waals surface area contributed by atoms with E-state index < -0.39 is 5.54 Å². The highest BCUT2D eigenvalue weighted by atomic mass is 19.1.